The Kier molecular flexibility index (Phi) is 3.67. The van der Waals surface area contributed by atoms with Crippen LogP contribution in [0.1, 0.15) is 31.4 Å². The van der Waals surface area contributed by atoms with E-state index in [1.54, 1.807) is 0 Å². The fraction of sp³-hybridized carbons (Fsp3) is 0.500. The summed E-state index contributed by atoms with van der Waals surface area (Å²) in [7, 11) is 0. The van der Waals surface area contributed by atoms with E-state index in [-0.39, 0.29) is 6.61 Å². The molecule has 0 spiro atoms. The third-order valence-corrected chi connectivity index (χ3v) is 2.48. The van der Waals surface area contributed by atoms with Crippen LogP contribution in [0.15, 0.2) is 24.3 Å². The van der Waals surface area contributed by atoms with Crippen molar-refractivity contribution in [3.8, 4) is 0 Å². The maximum Gasteiger partial charge on any atom is 0.0650 e. The van der Waals surface area contributed by atoms with Gasteiger partial charge in [-0.25, -0.2) is 0 Å². The van der Waals surface area contributed by atoms with Crippen molar-refractivity contribution < 1.29 is 5.11 Å². The number of benzene rings is 1. The molecule has 0 saturated carbocycles. The number of nitrogens with two attached hydrogens (primary N) is 1. The molecule has 1 atom stereocenters. The summed E-state index contributed by atoms with van der Waals surface area (Å²) in [6, 6.07) is 8.07. The molecule has 1 aromatic carbocycles. The van der Waals surface area contributed by atoms with Gasteiger partial charge < -0.3 is 10.8 Å². The number of rotatable bonds is 4. The van der Waals surface area contributed by atoms with Crippen LogP contribution in [0.3, 0.4) is 0 Å². The summed E-state index contributed by atoms with van der Waals surface area (Å²) >= 11 is 0. The lowest BCUT2D eigenvalue weighted by Crippen LogP contribution is -2.37. The summed E-state index contributed by atoms with van der Waals surface area (Å²) in [5.74, 6) is 0. The van der Waals surface area contributed by atoms with Crippen LogP contribution in [-0.4, -0.2) is 11.7 Å². The van der Waals surface area contributed by atoms with Crippen molar-refractivity contribution in [3.63, 3.8) is 0 Å². The van der Waals surface area contributed by atoms with E-state index in [0.717, 1.165) is 18.4 Å². The van der Waals surface area contributed by atoms with Crippen LogP contribution >= 0.6 is 0 Å². The summed E-state index contributed by atoms with van der Waals surface area (Å²) in [4.78, 5) is 0. The van der Waals surface area contributed by atoms with Crippen molar-refractivity contribution in [1.82, 2.24) is 0 Å². The highest BCUT2D eigenvalue weighted by atomic mass is 16.3. The fourth-order valence-electron chi connectivity index (χ4n) is 1.65. The molecule has 0 fully saturated rings. The number of aryl methyl sites for hydroxylation is 1. The van der Waals surface area contributed by atoms with Gasteiger partial charge in [0, 0.05) is 0 Å². The molecule has 0 saturated heterocycles. The molecule has 3 N–H and O–H groups in total. The Hall–Kier alpha value is -0.860. The van der Waals surface area contributed by atoms with Crippen LogP contribution in [0.4, 0.5) is 0 Å². The fourth-order valence-corrected chi connectivity index (χ4v) is 1.65. The van der Waals surface area contributed by atoms with Gasteiger partial charge in [-0.1, -0.05) is 37.6 Å². The van der Waals surface area contributed by atoms with E-state index in [0.29, 0.717) is 0 Å². The first-order chi connectivity index (χ1) is 6.61. The lowest BCUT2D eigenvalue weighted by molar-refractivity contribution is 0.209. The third-order valence-electron chi connectivity index (χ3n) is 2.48. The monoisotopic (exact) mass is 193 g/mol. The average molecular weight is 193 g/mol. The minimum absolute atomic E-state index is 0.0201. The van der Waals surface area contributed by atoms with E-state index in [9.17, 15) is 5.11 Å². The van der Waals surface area contributed by atoms with Crippen LogP contribution in [0, 0.1) is 0 Å². The zero-order chi connectivity index (χ0) is 10.6. The Morgan fingerprint density at radius 2 is 2.00 bits per heavy atom. The van der Waals surface area contributed by atoms with Gasteiger partial charge in [-0.15, -0.1) is 0 Å². The summed E-state index contributed by atoms with van der Waals surface area (Å²) in [6.07, 6.45) is 2.11. The molecule has 0 radical (unpaired) electrons. The van der Waals surface area contributed by atoms with Crippen LogP contribution in [-0.2, 0) is 12.0 Å². The second-order valence-corrected chi connectivity index (χ2v) is 3.98. The smallest absolute Gasteiger partial charge is 0.0650 e. The van der Waals surface area contributed by atoms with Gasteiger partial charge in [0.15, 0.2) is 0 Å². The van der Waals surface area contributed by atoms with E-state index in [1.165, 1.54) is 5.56 Å². The first-order valence-corrected chi connectivity index (χ1v) is 5.10. The van der Waals surface area contributed by atoms with Crippen LogP contribution in [0.25, 0.3) is 0 Å². The molecule has 2 nitrogen and oxygen atoms in total. The third kappa shape index (κ3) is 2.34. The Morgan fingerprint density at radius 1 is 1.36 bits per heavy atom. The number of aliphatic hydroxyl groups excluding tert-OH is 1. The lowest BCUT2D eigenvalue weighted by atomic mass is 9.88. The van der Waals surface area contributed by atoms with Gasteiger partial charge in [0.1, 0.15) is 0 Å². The average Bonchev–Trinajstić information content (AvgIpc) is 2.19. The predicted octanol–water partition coefficient (Wildman–Crippen LogP) is 1.81. The van der Waals surface area contributed by atoms with Crippen molar-refractivity contribution in [2.75, 3.05) is 6.61 Å². The normalized spacial score (nSPS) is 15.1. The highest BCUT2D eigenvalue weighted by Gasteiger charge is 2.22. The molecule has 14 heavy (non-hydrogen) atoms. The number of hydrogen-bond donors (Lipinski definition) is 2. The molecule has 1 rings (SSSR count). The van der Waals surface area contributed by atoms with E-state index in [2.05, 4.69) is 13.0 Å². The highest BCUT2D eigenvalue weighted by Crippen LogP contribution is 2.22. The van der Waals surface area contributed by atoms with Gasteiger partial charge in [-0.05, 0) is 24.5 Å². The van der Waals surface area contributed by atoms with E-state index >= 15 is 0 Å². The molecular weight excluding hydrogens is 174 g/mol. The number of aliphatic hydroxyl groups is 1. The van der Waals surface area contributed by atoms with E-state index in [4.69, 9.17) is 5.73 Å². The summed E-state index contributed by atoms with van der Waals surface area (Å²) < 4.78 is 0. The molecule has 0 aromatic heterocycles. The zero-order valence-electron chi connectivity index (χ0n) is 8.96. The van der Waals surface area contributed by atoms with Crippen LogP contribution in [0.5, 0.6) is 0 Å². The molecule has 0 bridgehead atoms. The van der Waals surface area contributed by atoms with Crippen LogP contribution in [0.2, 0.25) is 0 Å². The molecule has 1 aromatic rings. The molecular formula is C12H19NO. The van der Waals surface area contributed by atoms with Crippen molar-refractivity contribution in [2.45, 2.75) is 32.2 Å². The van der Waals surface area contributed by atoms with Crippen molar-refractivity contribution in [3.05, 3.63) is 35.4 Å². The summed E-state index contributed by atoms with van der Waals surface area (Å²) in [5, 5.41) is 9.22. The van der Waals surface area contributed by atoms with Crippen molar-refractivity contribution >= 4 is 0 Å². The van der Waals surface area contributed by atoms with E-state index < -0.39 is 5.54 Å². The SMILES string of the molecule is CCCc1ccccc1C(C)(N)CO. The quantitative estimate of drug-likeness (QED) is 0.766. The topological polar surface area (TPSA) is 46.2 Å². The Morgan fingerprint density at radius 3 is 2.57 bits per heavy atom. The first-order valence-electron chi connectivity index (χ1n) is 5.10. The number of hydrogen-bond acceptors (Lipinski definition) is 2. The molecule has 78 valence electrons. The minimum atomic E-state index is -0.619. The molecule has 1 unspecified atom stereocenters. The van der Waals surface area contributed by atoms with Crippen LogP contribution < -0.4 is 5.73 Å². The van der Waals surface area contributed by atoms with Gasteiger partial charge in [0.2, 0.25) is 0 Å². The van der Waals surface area contributed by atoms with Gasteiger partial charge in [-0.3, -0.25) is 0 Å². The molecule has 2 heteroatoms. The van der Waals surface area contributed by atoms with Crippen molar-refractivity contribution in [2.24, 2.45) is 5.73 Å². The Labute approximate surface area is 85.8 Å². The first kappa shape index (κ1) is 11.2. The molecule has 0 aliphatic carbocycles. The summed E-state index contributed by atoms with van der Waals surface area (Å²) in [6.45, 7) is 3.98. The predicted molar refractivity (Wildman–Crippen MR) is 59.1 cm³/mol. The standard InChI is InChI=1S/C12H19NO/c1-3-6-10-7-4-5-8-11(10)12(2,13)9-14/h4-5,7-8,14H,3,6,9,13H2,1-2H3. The molecule has 0 amide bonds. The minimum Gasteiger partial charge on any atom is -0.394 e. The van der Waals surface area contributed by atoms with Gasteiger partial charge >= 0.3 is 0 Å². The zero-order valence-corrected chi connectivity index (χ0v) is 8.96. The molecule has 0 heterocycles. The Bertz CT molecular complexity index is 294. The van der Waals surface area contributed by atoms with Gasteiger partial charge in [-0.2, -0.15) is 0 Å². The molecule has 0 aliphatic rings. The largest absolute Gasteiger partial charge is 0.394 e. The Balaban J connectivity index is 3.06. The maximum atomic E-state index is 9.22. The summed E-state index contributed by atoms with van der Waals surface area (Å²) in [5.41, 5.74) is 7.70. The lowest BCUT2D eigenvalue weighted by Gasteiger charge is -2.25. The second-order valence-electron chi connectivity index (χ2n) is 3.98. The molecule has 0 aliphatic heterocycles. The van der Waals surface area contributed by atoms with E-state index in [1.807, 2.05) is 25.1 Å². The van der Waals surface area contributed by atoms with Gasteiger partial charge in [0.25, 0.3) is 0 Å². The maximum absolute atomic E-state index is 9.22. The van der Waals surface area contributed by atoms with Crippen molar-refractivity contribution in [1.29, 1.82) is 0 Å². The second kappa shape index (κ2) is 4.58. The highest BCUT2D eigenvalue weighted by molar-refractivity contribution is 5.33. The van der Waals surface area contributed by atoms with Gasteiger partial charge in [0.05, 0.1) is 12.1 Å².